The molecule has 0 aliphatic heterocycles. The SMILES string of the molecule is [CH2-]CCCC(=O)OCC.[CH2-]CCCC(=O)OCC.[Zn+2]. The van der Waals surface area contributed by atoms with Crippen molar-refractivity contribution in [3.05, 3.63) is 13.8 Å². The number of ether oxygens (including phenoxy) is 2. The van der Waals surface area contributed by atoms with Gasteiger partial charge in [0, 0.05) is 12.8 Å². The first-order valence-electron chi connectivity index (χ1n) is 6.52. The predicted molar refractivity (Wildman–Crippen MR) is 71.7 cm³/mol. The van der Waals surface area contributed by atoms with Crippen LogP contribution in [0, 0.1) is 13.8 Å². The monoisotopic (exact) mass is 322 g/mol. The third-order valence-electron chi connectivity index (χ3n) is 1.87. The maximum Gasteiger partial charge on any atom is 2.00 e. The van der Waals surface area contributed by atoms with Crippen LogP contribution in [0.5, 0.6) is 0 Å². The number of carbonyl (C=O) groups excluding carboxylic acids is 2. The Morgan fingerprint density at radius 3 is 1.37 bits per heavy atom. The first-order chi connectivity index (χ1) is 8.62. The van der Waals surface area contributed by atoms with Crippen LogP contribution in [0.25, 0.3) is 0 Å². The minimum absolute atomic E-state index is 0. The molecule has 0 atom stereocenters. The zero-order valence-corrected chi connectivity index (χ0v) is 15.4. The molecule has 0 saturated heterocycles. The fourth-order valence-electron chi connectivity index (χ4n) is 1.00. The molecule has 4 nitrogen and oxygen atoms in total. The average Bonchev–Trinajstić information content (AvgIpc) is 2.35. The number of hydrogen-bond acceptors (Lipinski definition) is 4. The van der Waals surface area contributed by atoms with E-state index in [0.29, 0.717) is 26.1 Å². The molecule has 0 unspecified atom stereocenters. The van der Waals surface area contributed by atoms with E-state index in [-0.39, 0.29) is 31.4 Å². The fraction of sp³-hybridized carbons (Fsp3) is 0.714. The first kappa shape index (κ1) is 23.6. The Hall–Kier alpha value is -0.437. The third-order valence-corrected chi connectivity index (χ3v) is 1.87. The van der Waals surface area contributed by atoms with Crippen molar-refractivity contribution in [2.24, 2.45) is 0 Å². The van der Waals surface area contributed by atoms with Gasteiger partial charge in [-0.2, -0.15) is 12.8 Å². The molecule has 5 heteroatoms. The summed E-state index contributed by atoms with van der Waals surface area (Å²) in [5.74, 6) is -0.220. The van der Waals surface area contributed by atoms with Gasteiger partial charge >= 0.3 is 31.4 Å². The summed E-state index contributed by atoms with van der Waals surface area (Å²) in [5, 5.41) is 0. The Balaban J connectivity index is -0.000000256. The number of carbonyl (C=O) groups is 2. The largest absolute Gasteiger partial charge is 2.00 e. The molecule has 0 aliphatic carbocycles. The van der Waals surface area contributed by atoms with Gasteiger partial charge in [-0.15, -0.1) is 0 Å². The van der Waals surface area contributed by atoms with Crippen molar-refractivity contribution in [3.8, 4) is 0 Å². The van der Waals surface area contributed by atoms with E-state index in [0.717, 1.165) is 25.7 Å². The van der Waals surface area contributed by atoms with Crippen LogP contribution in [0.4, 0.5) is 0 Å². The molecule has 0 aliphatic rings. The van der Waals surface area contributed by atoms with E-state index in [9.17, 15) is 9.59 Å². The Kier molecular flexibility index (Phi) is 24.8. The van der Waals surface area contributed by atoms with Crippen molar-refractivity contribution >= 4 is 11.9 Å². The molecule has 0 saturated carbocycles. The van der Waals surface area contributed by atoms with E-state index in [4.69, 9.17) is 0 Å². The number of rotatable bonds is 8. The van der Waals surface area contributed by atoms with Gasteiger partial charge in [0.25, 0.3) is 0 Å². The van der Waals surface area contributed by atoms with Crippen molar-refractivity contribution in [1.82, 2.24) is 0 Å². The molecule has 0 amide bonds. The van der Waals surface area contributed by atoms with E-state index in [1.165, 1.54) is 0 Å². The molecule has 0 aromatic rings. The van der Waals surface area contributed by atoms with Crippen LogP contribution in [-0.4, -0.2) is 25.2 Å². The Morgan fingerprint density at radius 2 is 1.16 bits per heavy atom. The molecule has 0 radical (unpaired) electrons. The third kappa shape index (κ3) is 23.1. The summed E-state index contributed by atoms with van der Waals surface area (Å²) in [6.45, 7) is 11.8. The normalized spacial score (nSPS) is 8.63. The average molecular weight is 324 g/mol. The van der Waals surface area contributed by atoms with Crippen molar-refractivity contribution < 1.29 is 38.5 Å². The number of hydrogen-bond donors (Lipinski definition) is 0. The molecular formula is C14H26O4Zn. The van der Waals surface area contributed by atoms with Gasteiger partial charge < -0.3 is 23.3 Å². The Labute approximate surface area is 130 Å². The minimum Gasteiger partial charge on any atom is -0.466 e. The summed E-state index contributed by atoms with van der Waals surface area (Å²) < 4.78 is 9.35. The van der Waals surface area contributed by atoms with Gasteiger partial charge in [-0.25, -0.2) is 0 Å². The van der Waals surface area contributed by atoms with Gasteiger partial charge in [0.2, 0.25) is 0 Å². The van der Waals surface area contributed by atoms with Crippen molar-refractivity contribution in [2.45, 2.75) is 52.4 Å². The second-order valence-corrected chi connectivity index (χ2v) is 3.52. The molecule has 0 N–H and O–H groups in total. The molecule has 0 aromatic carbocycles. The topological polar surface area (TPSA) is 52.6 Å². The zero-order chi connectivity index (χ0) is 14.2. The van der Waals surface area contributed by atoms with Crippen LogP contribution in [0.15, 0.2) is 0 Å². The minimum atomic E-state index is -0.110. The van der Waals surface area contributed by atoms with Crippen LogP contribution in [0.1, 0.15) is 52.4 Å². The Bertz CT molecular complexity index is 186. The summed E-state index contributed by atoms with van der Waals surface area (Å²) in [4.78, 5) is 21.1. The summed E-state index contributed by atoms with van der Waals surface area (Å²) in [5.41, 5.74) is 0. The fourth-order valence-corrected chi connectivity index (χ4v) is 1.00. The summed E-state index contributed by atoms with van der Waals surface area (Å²) >= 11 is 0. The van der Waals surface area contributed by atoms with E-state index in [2.05, 4.69) is 23.3 Å². The maximum absolute atomic E-state index is 10.6. The van der Waals surface area contributed by atoms with Gasteiger partial charge in [-0.1, -0.05) is 12.8 Å². The van der Waals surface area contributed by atoms with Crippen LogP contribution in [0.3, 0.4) is 0 Å². The summed E-state index contributed by atoms with van der Waals surface area (Å²) in [6.07, 6.45) is 4.30. The van der Waals surface area contributed by atoms with E-state index in [1.807, 2.05) is 13.8 Å². The van der Waals surface area contributed by atoms with Gasteiger partial charge in [-0.05, 0) is 13.8 Å². The van der Waals surface area contributed by atoms with Crippen molar-refractivity contribution in [1.29, 1.82) is 0 Å². The van der Waals surface area contributed by atoms with Crippen LogP contribution in [0.2, 0.25) is 0 Å². The molecular weight excluding hydrogens is 298 g/mol. The first-order valence-corrected chi connectivity index (χ1v) is 6.52. The number of unbranched alkanes of at least 4 members (excludes halogenated alkanes) is 2. The van der Waals surface area contributed by atoms with Crippen molar-refractivity contribution in [3.63, 3.8) is 0 Å². The van der Waals surface area contributed by atoms with E-state index < -0.39 is 0 Å². The Morgan fingerprint density at radius 1 is 0.842 bits per heavy atom. The molecule has 0 spiro atoms. The van der Waals surface area contributed by atoms with Gasteiger partial charge in [0.05, 0.1) is 13.2 Å². The molecule has 0 bridgehead atoms. The van der Waals surface area contributed by atoms with Crippen LogP contribution < -0.4 is 0 Å². The molecule has 0 fully saturated rings. The summed E-state index contributed by atoms with van der Waals surface area (Å²) in [7, 11) is 0. The predicted octanol–water partition coefficient (Wildman–Crippen LogP) is 3.11. The second-order valence-electron chi connectivity index (χ2n) is 3.52. The van der Waals surface area contributed by atoms with Gasteiger partial charge in [0.15, 0.2) is 0 Å². The number of esters is 2. The van der Waals surface area contributed by atoms with E-state index in [1.54, 1.807) is 0 Å². The van der Waals surface area contributed by atoms with E-state index >= 15 is 0 Å². The smallest absolute Gasteiger partial charge is 0.466 e. The zero-order valence-electron chi connectivity index (χ0n) is 12.4. The second kappa shape index (κ2) is 19.9. The molecule has 0 heterocycles. The standard InChI is InChI=1S/2C7H13O2.Zn/c2*1-3-5-6-7(8)9-4-2;/h2*1,3-6H2,2H3;/q2*-1;+2. The summed E-state index contributed by atoms with van der Waals surface area (Å²) in [6, 6.07) is 0. The van der Waals surface area contributed by atoms with Crippen molar-refractivity contribution in [2.75, 3.05) is 13.2 Å². The molecule has 0 aromatic heterocycles. The molecule has 0 rings (SSSR count). The maximum atomic E-state index is 10.6. The quantitative estimate of drug-likeness (QED) is 0.391. The van der Waals surface area contributed by atoms with Crippen LogP contribution in [-0.2, 0) is 38.5 Å². The van der Waals surface area contributed by atoms with Gasteiger partial charge in [-0.3, -0.25) is 9.59 Å². The van der Waals surface area contributed by atoms with Crippen LogP contribution >= 0.6 is 0 Å². The molecule has 108 valence electrons. The van der Waals surface area contributed by atoms with Gasteiger partial charge in [0.1, 0.15) is 0 Å². The molecule has 19 heavy (non-hydrogen) atoms.